The molecule has 4 nitrogen and oxygen atoms in total. The highest BCUT2D eigenvalue weighted by Crippen LogP contribution is 2.37. The molecule has 1 amide bonds. The average molecular weight is 413 g/mol. The fraction of sp³-hybridized carbons (Fsp3) is 0.304. The van der Waals surface area contributed by atoms with Crippen LogP contribution in [-0.2, 0) is 6.18 Å². The Bertz CT molecular complexity index is 1060. The maximum atomic E-state index is 13.4. The van der Waals surface area contributed by atoms with Gasteiger partial charge in [0.15, 0.2) is 0 Å². The molecule has 1 unspecified atom stereocenters. The predicted molar refractivity (Wildman–Crippen MR) is 108 cm³/mol. The number of halogens is 3. The molecule has 0 spiro atoms. The van der Waals surface area contributed by atoms with Gasteiger partial charge in [-0.05, 0) is 48.1 Å². The molecule has 1 atom stereocenters. The van der Waals surface area contributed by atoms with Crippen LogP contribution in [0.5, 0.6) is 0 Å². The minimum atomic E-state index is -4.45. The fourth-order valence-electron chi connectivity index (χ4n) is 4.00. The minimum Gasteiger partial charge on any atom is -0.337 e. The molecular formula is C23H22F3N3O. The lowest BCUT2D eigenvalue weighted by atomic mass is 9.99. The molecule has 0 aliphatic carbocycles. The number of carbonyl (C=O) groups is 1. The highest BCUT2D eigenvalue weighted by Gasteiger charge is 2.33. The standard InChI is InChI=1S/C23H22F3N3O/c1-16-6-5-11-28(14-16)22(30)21-13-27-15-29(21)18-8-4-7-17(12-18)19-9-2-3-10-20(19)23(24,25)26/h2-4,7-10,12-13,15-16H,5-6,11,14H2,1H3. The van der Waals surface area contributed by atoms with Crippen molar-refractivity contribution >= 4 is 5.91 Å². The van der Waals surface area contributed by atoms with Gasteiger partial charge in [0.25, 0.3) is 5.91 Å². The number of rotatable bonds is 3. The number of hydrogen-bond donors (Lipinski definition) is 0. The van der Waals surface area contributed by atoms with E-state index in [4.69, 9.17) is 0 Å². The van der Waals surface area contributed by atoms with E-state index in [1.54, 1.807) is 34.9 Å². The van der Waals surface area contributed by atoms with Gasteiger partial charge in [-0.2, -0.15) is 13.2 Å². The summed E-state index contributed by atoms with van der Waals surface area (Å²) < 4.78 is 42.0. The third-order valence-electron chi connectivity index (χ3n) is 5.47. The third-order valence-corrected chi connectivity index (χ3v) is 5.47. The van der Waals surface area contributed by atoms with Crippen molar-refractivity contribution in [2.45, 2.75) is 25.9 Å². The Morgan fingerprint density at radius 3 is 2.70 bits per heavy atom. The number of piperidine rings is 1. The molecular weight excluding hydrogens is 391 g/mol. The van der Waals surface area contributed by atoms with Gasteiger partial charge in [0, 0.05) is 18.8 Å². The third kappa shape index (κ3) is 3.97. The van der Waals surface area contributed by atoms with Gasteiger partial charge in [-0.3, -0.25) is 9.36 Å². The summed E-state index contributed by atoms with van der Waals surface area (Å²) in [6.45, 7) is 3.52. The van der Waals surface area contributed by atoms with Crippen molar-refractivity contribution in [1.82, 2.24) is 14.5 Å². The Labute approximate surface area is 173 Å². The van der Waals surface area contributed by atoms with Crippen molar-refractivity contribution in [1.29, 1.82) is 0 Å². The van der Waals surface area contributed by atoms with Gasteiger partial charge in [0.05, 0.1) is 18.1 Å². The van der Waals surface area contributed by atoms with Crippen molar-refractivity contribution in [3.8, 4) is 16.8 Å². The Kier molecular flexibility index (Phi) is 5.37. The predicted octanol–water partition coefficient (Wildman–Crippen LogP) is 5.43. The fourth-order valence-corrected chi connectivity index (χ4v) is 4.00. The molecule has 0 saturated carbocycles. The molecule has 0 bridgehead atoms. The lowest BCUT2D eigenvalue weighted by Gasteiger charge is -2.31. The first-order valence-corrected chi connectivity index (χ1v) is 9.93. The van der Waals surface area contributed by atoms with E-state index in [-0.39, 0.29) is 11.5 Å². The Morgan fingerprint density at radius 2 is 1.93 bits per heavy atom. The molecule has 4 rings (SSSR count). The van der Waals surface area contributed by atoms with Crippen LogP contribution in [0.4, 0.5) is 13.2 Å². The first-order valence-electron chi connectivity index (χ1n) is 9.93. The molecule has 2 aromatic carbocycles. The Morgan fingerprint density at radius 1 is 1.13 bits per heavy atom. The van der Waals surface area contributed by atoms with Crippen molar-refractivity contribution in [2.24, 2.45) is 5.92 Å². The summed E-state index contributed by atoms with van der Waals surface area (Å²) in [7, 11) is 0. The van der Waals surface area contributed by atoms with Crippen LogP contribution in [0.2, 0.25) is 0 Å². The van der Waals surface area contributed by atoms with Gasteiger partial charge in [0.1, 0.15) is 5.69 Å². The summed E-state index contributed by atoms with van der Waals surface area (Å²) >= 11 is 0. The zero-order chi connectivity index (χ0) is 21.3. The van der Waals surface area contributed by atoms with Crippen molar-refractivity contribution in [3.05, 3.63) is 72.3 Å². The summed E-state index contributed by atoms with van der Waals surface area (Å²) in [5.74, 6) is 0.335. The van der Waals surface area contributed by atoms with E-state index in [1.165, 1.54) is 24.7 Å². The smallest absolute Gasteiger partial charge is 0.337 e. The quantitative estimate of drug-likeness (QED) is 0.574. The molecule has 156 valence electrons. The number of hydrogen-bond acceptors (Lipinski definition) is 2. The number of aromatic nitrogens is 2. The van der Waals surface area contributed by atoms with Gasteiger partial charge in [-0.1, -0.05) is 37.3 Å². The van der Waals surface area contributed by atoms with Gasteiger partial charge < -0.3 is 4.90 Å². The Balaban J connectivity index is 1.70. The topological polar surface area (TPSA) is 38.1 Å². The zero-order valence-corrected chi connectivity index (χ0v) is 16.6. The summed E-state index contributed by atoms with van der Waals surface area (Å²) in [4.78, 5) is 19.0. The van der Waals surface area contributed by atoms with Gasteiger partial charge in [-0.25, -0.2) is 4.98 Å². The molecule has 0 radical (unpaired) electrons. The number of benzene rings is 2. The van der Waals surface area contributed by atoms with Crippen molar-refractivity contribution < 1.29 is 18.0 Å². The van der Waals surface area contributed by atoms with Crippen molar-refractivity contribution in [2.75, 3.05) is 13.1 Å². The highest BCUT2D eigenvalue weighted by atomic mass is 19.4. The SMILES string of the molecule is CC1CCCN(C(=O)c2cncn2-c2cccc(-c3ccccc3C(F)(F)F)c2)C1. The van der Waals surface area contributed by atoms with E-state index < -0.39 is 11.7 Å². The van der Waals surface area contributed by atoms with E-state index in [1.807, 2.05) is 4.90 Å². The number of amides is 1. The first-order chi connectivity index (χ1) is 14.3. The van der Waals surface area contributed by atoms with Crippen LogP contribution in [0, 0.1) is 5.92 Å². The second kappa shape index (κ2) is 7.97. The summed E-state index contributed by atoms with van der Waals surface area (Å²) in [6.07, 6.45) is 0.648. The number of nitrogens with zero attached hydrogens (tertiary/aromatic N) is 3. The van der Waals surface area contributed by atoms with Crippen LogP contribution < -0.4 is 0 Å². The molecule has 7 heteroatoms. The molecule has 1 aliphatic heterocycles. The average Bonchev–Trinajstić information content (AvgIpc) is 3.22. The molecule has 0 N–H and O–H groups in total. The summed E-state index contributed by atoms with van der Waals surface area (Å²) in [5.41, 5.74) is 0.843. The molecule has 1 fully saturated rings. The van der Waals surface area contributed by atoms with E-state index in [0.29, 0.717) is 36.0 Å². The molecule has 1 saturated heterocycles. The second-order valence-corrected chi connectivity index (χ2v) is 7.74. The molecule has 30 heavy (non-hydrogen) atoms. The lowest BCUT2D eigenvalue weighted by Crippen LogP contribution is -2.39. The monoisotopic (exact) mass is 413 g/mol. The molecule has 1 aliphatic rings. The minimum absolute atomic E-state index is 0.102. The van der Waals surface area contributed by atoms with E-state index in [2.05, 4.69) is 11.9 Å². The number of alkyl halides is 3. The largest absolute Gasteiger partial charge is 0.417 e. The van der Waals surface area contributed by atoms with Crippen LogP contribution >= 0.6 is 0 Å². The first kappa shape index (κ1) is 20.2. The molecule has 2 heterocycles. The van der Waals surface area contributed by atoms with Crippen LogP contribution in [0.3, 0.4) is 0 Å². The van der Waals surface area contributed by atoms with E-state index in [9.17, 15) is 18.0 Å². The lowest BCUT2D eigenvalue weighted by molar-refractivity contribution is -0.137. The van der Waals surface area contributed by atoms with Crippen LogP contribution in [-0.4, -0.2) is 33.4 Å². The van der Waals surface area contributed by atoms with E-state index in [0.717, 1.165) is 18.9 Å². The van der Waals surface area contributed by atoms with E-state index >= 15 is 0 Å². The van der Waals surface area contributed by atoms with Crippen LogP contribution in [0.15, 0.2) is 61.1 Å². The number of likely N-dealkylation sites (tertiary alicyclic amines) is 1. The van der Waals surface area contributed by atoms with Crippen molar-refractivity contribution in [3.63, 3.8) is 0 Å². The van der Waals surface area contributed by atoms with Crippen LogP contribution in [0.25, 0.3) is 16.8 Å². The Hall–Kier alpha value is -3.09. The summed E-state index contributed by atoms with van der Waals surface area (Å²) in [5, 5.41) is 0. The maximum Gasteiger partial charge on any atom is 0.417 e. The number of imidazole rings is 1. The van der Waals surface area contributed by atoms with Gasteiger partial charge in [-0.15, -0.1) is 0 Å². The van der Waals surface area contributed by atoms with Crippen LogP contribution in [0.1, 0.15) is 35.8 Å². The molecule has 3 aromatic rings. The highest BCUT2D eigenvalue weighted by molar-refractivity contribution is 5.93. The summed E-state index contributed by atoms with van der Waals surface area (Å²) in [6, 6.07) is 12.2. The molecule has 1 aromatic heterocycles. The maximum absolute atomic E-state index is 13.4. The van der Waals surface area contributed by atoms with Gasteiger partial charge in [0.2, 0.25) is 0 Å². The van der Waals surface area contributed by atoms with Gasteiger partial charge >= 0.3 is 6.18 Å². The normalized spacial score (nSPS) is 17.2. The second-order valence-electron chi connectivity index (χ2n) is 7.74. The zero-order valence-electron chi connectivity index (χ0n) is 16.6. The number of carbonyl (C=O) groups excluding carboxylic acids is 1.